The first-order valence-electron chi connectivity index (χ1n) is 7.41. The molecule has 21 heavy (non-hydrogen) atoms. The van der Waals surface area contributed by atoms with Crippen LogP contribution in [0.4, 0.5) is 0 Å². The Labute approximate surface area is 123 Å². The number of esters is 1. The van der Waals surface area contributed by atoms with E-state index in [0.29, 0.717) is 11.7 Å². The average Bonchev–Trinajstić information content (AvgIpc) is 2.85. The molecule has 2 nitrogen and oxygen atoms in total. The molecule has 0 aromatic heterocycles. The summed E-state index contributed by atoms with van der Waals surface area (Å²) in [5.74, 6) is 0.930. The van der Waals surface area contributed by atoms with Crippen LogP contribution in [0.2, 0.25) is 0 Å². The van der Waals surface area contributed by atoms with Crippen LogP contribution in [0, 0.1) is 0 Å². The largest absolute Gasteiger partial charge is 0.422 e. The molecule has 1 atom stereocenters. The van der Waals surface area contributed by atoms with E-state index in [-0.39, 0.29) is 5.97 Å². The van der Waals surface area contributed by atoms with Gasteiger partial charge in [-0.2, -0.15) is 0 Å². The summed E-state index contributed by atoms with van der Waals surface area (Å²) in [5, 5.41) is 4.22. The Morgan fingerprint density at radius 2 is 1.90 bits per heavy atom. The lowest BCUT2D eigenvalue weighted by molar-refractivity contribution is 0.0756. The maximum Gasteiger partial charge on any atom is 0.344 e. The molecular formula is C19H16O2. The Kier molecular flexibility index (Phi) is 2.55. The molecule has 1 aliphatic rings. The van der Waals surface area contributed by atoms with Crippen molar-refractivity contribution in [1.29, 1.82) is 0 Å². The summed E-state index contributed by atoms with van der Waals surface area (Å²) < 4.78 is 5.46. The van der Waals surface area contributed by atoms with Gasteiger partial charge in [-0.05, 0) is 46.2 Å². The maximum atomic E-state index is 12.3. The second kappa shape index (κ2) is 4.32. The normalized spacial score (nSPS) is 14.7. The summed E-state index contributed by atoms with van der Waals surface area (Å²) in [6.45, 7) is 4.41. The van der Waals surface area contributed by atoms with E-state index >= 15 is 0 Å². The highest BCUT2D eigenvalue weighted by Crippen LogP contribution is 2.43. The van der Waals surface area contributed by atoms with Gasteiger partial charge in [0, 0.05) is 5.39 Å². The molecule has 0 saturated carbocycles. The van der Waals surface area contributed by atoms with Gasteiger partial charge in [-0.15, -0.1) is 0 Å². The summed E-state index contributed by atoms with van der Waals surface area (Å²) in [7, 11) is 0. The molecule has 0 radical (unpaired) electrons. The van der Waals surface area contributed by atoms with Crippen molar-refractivity contribution in [2.24, 2.45) is 0 Å². The molecule has 3 aromatic rings. The van der Waals surface area contributed by atoms with E-state index in [0.717, 1.165) is 33.5 Å². The van der Waals surface area contributed by atoms with Crippen molar-refractivity contribution in [2.45, 2.75) is 26.2 Å². The zero-order chi connectivity index (χ0) is 14.6. The lowest BCUT2D eigenvalue weighted by Gasteiger charge is -2.14. The van der Waals surface area contributed by atoms with Crippen molar-refractivity contribution in [2.75, 3.05) is 0 Å². The Hall–Kier alpha value is -2.35. The third kappa shape index (κ3) is 1.62. The topological polar surface area (TPSA) is 26.3 Å². The molecule has 104 valence electrons. The van der Waals surface area contributed by atoms with E-state index < -0.39 is 0 Å². The first-order chi connectivity index (χ1) is 10.2. The third-order valence-corrected chi connectivity index (χ3v) is 4.57. The number of hydrogen-bond donors (Lipinski definition) is 0. The number of carbonyl (C=O) groups is 1. The third-order valence-electron chi connectivity index (χ3n) is 4.57. The van der Waals surface area contributed by atoms with Gasteiger partial charge in [0.1, 0.15) is 5.75 Å². The van der Waals surface area contributed by atoms with E-state index in [2.05, 4.69) is 32.0 Å². The van der Waals surface area contributed by atoms with Crippen molar-refractivity contribution in [3.8, 4) is 5.75 Å². The molecule has 0 N–H and O–H groups in total. The molecule has 0 saturated heterocycles. The zero-order valence-corrected chi connectivity index (χ0v) is 12.1. The highest BCUT2D eigenvalue weighted by Gasteiger charge is 2.28. The molecule has 0 fully saturated rings. The highest BCUT2D eigenvalue weighted by molar-refractivity contribution is 6.22. The highest BCUT2D eigenvalue weighted by atomic mass is 16.5. The number of carbonyl (C=O) groups excluding carboxylic acids is 1. The Bertz CT molecular complexity index is 893. The van der Waals surface area contributed by atoms with E-state index in [9.17, 15) is 4.79 Å². The van der Waals surface area contributed by atoms with Crippen LogP contribution in [-0.4, -0.2) is 5.97 Å². The van der Waals surface area contributed by atoms with Gasteiger partial charge in [0.2, 0.25) is 0 Å². The summed E-state index contributed by atoms with van der Waals surface area (Å²) in [6.07, 6.45) is 1.07. The first-order valence-corrected chi connectivity index (χ1v) is 7.41. The average molecular weight is 276 g/mol. The van der Waals surface area contributed by atoms with Crippen molar-refractivity contribution in [3.63, 3.8) is 0 Å². The minimum Gasteiger partial charge on any atom is -0.422 e. The van der Waals surface area contributed by atoms with Gasteiger partial charge < -0.3 is 4.74 Å². The predicted octanol–water partition coefficient (Wildman–Crippen LogP) is 5.04. The molecule has 0 amide bonds. The van der Waals surface area contributed by atoms with Crippen LogP contribution in [-0.2, 0) is 0 Å². The van der Waals surface area contributed by atoms with Gasteiger partial charge in [0.05, 0.1) is 5.56 Å². The summed E-state index contributed by atoms with van der Waals surface area (Å²) in [5.41, 5.74) is 2.02. The zero-order valence-electron chi connectivity index (χ0n) is 12.1. The molecule has 2 heteroatoms. The van der Waals surface area contributed by atoms with Crippen molar-refractivity contribution < 1.29 is 9.53 Å². The summed E-state index contributed by atoms with van der Waals surface area (Å²) >= 11 is 0. The van der Waals surface area contributed by atoms with Crippen LogP contribution in [0.1, 0.15) is 42.1 Å². The number of ether oxygens (including phenoxy) is 1. The van der Waals surface area contributed by atoms with Gasteiger partial charge in [0.25, 0.3) is 0 Å². The fraction of sp³-hybridized carbons (Fsp3) is 0.211. The van der Waals surface area contributed by atoms with Gasteiger partial charge in [-0.3, -0.25) is 0 Å². The minimum absolute atomic E-state index is 0.229. The van der Waals surface area contributed by atoms with Crippen LogP contribution < -0.4 is 4.74 Å². The molecular weight excluding hydrogens is 260 g/mol. The van der Waals surface area contributed by atoms with E-state index in [1.807, 2.05) is 24.3 Å². The second-order valence-corrected chi connectivity index (χ2v) is 5.75. The molecule has 0 aliphatic carbocycles. The van der Waals surface area contributed by atoms with Gasteiger partial charge in [0.15, 0.2) is 0 Å². The van der Waals surface area contributed by atoms with Crippen LogP contribution in [0.3, 0.4) is 0 Å². The van der Waals surface area contributed by atoms with Crippen molar-refractivity contribution in [3.05, 3.63) is 53.6 Å². The van der Waals surface area contributed by atoms with E-state index in [4.69, 9.17) is 4.74 Å². The quantitative estimate of drug-likeness (QED) is 0.372. The lowest BCUT2D eigenvalue weighted by atomic mass is 9.89. The molecule has 3 aromatic carbocycles. The van der Waals surface area contributed by atoms with Gasteiger partial charge in [-0.25, -0.2) is 4.79 Å². The number of fused-ring (bicyclic) bond motifs is 2. The fourth-order valence-electron chi connectivity index (χ4n) is 3.27. The number of benzene rings is 3. The summed E-state index contributed by atoms with van der Waals surface area (Å²) in [4.78, 5) is 12.3. The Morgan fingerprint density at radius 1 is 1.10 bits per heavy atom. The van der Waals surface area contributed by atoms with Crippen LogP contribution in [0.25, 0.3) is 21.5 Å². The Morgan fingerprint density at radius 3 is 2.71 bits per heavy atom. The molecule has 1 aliphatic heterocycles. The molecule has 0 spiro atoms. The predicted molar refractivity (Wildman–Crippen MR) is 85.1 cm³/mol. The monoisotopic (exact) mass is 276 g/mol. The maximum absolute atomic E-state index is 12.3. The van der Waals surface area contributed by atoms with Gasteiger partial charge >= 0.3 is 5.97 Å². The minimum atomic E-state index is -0.229. The van der Waals surface area contributed by atoms with Crippen molar-refractivity contribution in [1.82, 2.24) is 0 Å². The molecule has 0 bridgehead atoms. The van der Waals surface area contributed by atoms with Crippen LogP contribution in [0.15, 0.2) is 42.5 Å². The SMILES string of the molecule is CCC(C)c1ccc2c3c(c4ccccc4cc13)C(=O)O2. The van der Waals surface area contributed by atoms with E-state index in [1.54, 1.807) is 0 Å². The standard InChI is InChI=1S/C19H16O2/c1-3-11(2)13-8-9-16-17-15(13)10-12-6-4-5-7-14(12)18(17)19(20)21-16/h4-11H,3H2,1-2H3. The molecule has 1 unspecified atom stereocenters. The van der Waals surface area contributed by atoms with Crippen LogP contribution >= 0.6 is 0 Å². The smallest absolute Gasteiger partial charge is 0.344 e. The Balaban J connectivity index is 2.22. The summed E-state index contributed by atoms with van der Waals surface area (Å²) in [6, 6.07) is 14.3. The molecule has 1 heterocycles. The van der Waals surface area contributed by atoms with Crippen molar-refractivity contribution >= 4 is 27.5 Å². The van der Waals surface area contributed by atoms with Crippen LogP contribution in [0.5, 0.6) is 5.75 Å². The fourth-order valence-corrected chi connectivity index (χ4v) is 3.27. The second-order valence-electron chi connectivity index (χ2n) is 5.75. The number of hydrogen-bond acceptors (Lipinski definition) is 2. The first kappa shape index (κ1) is 12.4. The lowest BCUT2D eigenvalue weighted by Crippen LogP contribution is -2.01. The number of rotatable bonds is 2. The van der Waals surface area contributed by atoms with Gasteiger partial charge in [-0.1, -0.05) is 44.2 Å². The molecule has 4 rings (SSSR count). The van der Waals surface area contributed by atoms with E-state index in [1.165, 1.54) is 5.56 Å².